The molecule has 0 atom stereocenters. The quantitative estimate of drug-likeness (QED) is 0.576. The maximum atomic E-state index is 11.9. The summed E-state index contributed by atoms with van der Waals surface area (Å²) in [4.78, 5) is 16.3. The molecule has 1 aromatic heterocycles. The second-order valence-electron chi connectivity index (χ2n) is 3.74. The number of hydrogen-bond donors (Lipinski definition) is 0. The molecule has 2 rings (SSSR count). The van der Waals surface area contributed by atoms with Crippen LogP contribution < -0.4 is 0 Å². The summed E-state index contributed by atoms with van der Waals surface area (Å²) in [6, 6.07) is 9.54. The third-order valence-corrected chi connectivity index (χ3v) is 2.47. The number of benzene rings is 1. The Balaban J connectivity index is 2.67. The van der Waals surface area contributed by atoms with E-state index in [-0.39, 0.29) is 5.78 Å². The van der Waals surface area contributed by atoms with Crippen LogP contribution in [0.25, 0.3) is 10.9 Å². The summed E-state index contributed by atoms with van der Waals surface area (Å²) < 4.78 is 0. The molecule has 0 unspecified atom stereocenters. The normalized spacial score (nSPS) is 10.3. The van der Waals surface area contributed by atoms with Crippen molar-refractivity contribution in [2.45, 2.75) is 13.3 Å². The van der Waals surface area contributed by atoms with Crippen LogP contribution in [0.4, 0.5) is 0 Å². The minimum absolute atomic E-state index is 0.0942. The van der Waals surface area contributed by atoms with Crippen molar-refractivity contribution in [3.05, 3.63) is 54.2 Å². The van der Waals surface area contributed by atoms with Crippen molar-refractivity contribution >= 4 is 16.7 Å². The van der Waals surface area contributed by atoms with E-state index in [2.05, 4.69) is 11.6 Å². The number of para-hydroxylation sites is 1. The van der Waals surface area contributed by atoms with Crippen LogP contribution in [0.2, 0.25) is 0 Å². The van der Waals surface area contributed by atoms with E-state index in [1.165, 1.54) is 0 Å². The molecule has 0 spiro atoms. The number of carbonyl (C=O) groups is 1. The number of allylic oxidation sites excluding steroid dienone is 1. The zero-order chi connectivity index (χ0) is 11.5. The third kappa shape index (κ3) is 1.87. The highest BCUT2D eigenvalue weighted by atomic mass is 16.1. The van der Waals surface area contributed by atoms with Gasteiger partial charge in [-0.3, -0.25) is 9.78 Å². The summed E-state index contributed by atoms with van der Waals surface area (Å²) in [6.45, 7) is 5.49. The number of rotatable bonds is 3. The van der Waals surface area contributed by atoms with Gasteiger partial charge in [-0.05, 0) is 19.1 Å². The van der Waals surface area contributed by atoms with Gasteiger partial charge in [0.05, 0.1) is 5.52 Å². The lowest BCUT2D eigenvalue weighted by molar-refractivity contribution is 0.0997. The van der Waals surface area contributed by atoms with Crippen molar-refractivity contribution in [1.82, 2.24) is 4.98 Å². The van der Waals surface area contributed by atoms with Gasteiger partial charge in [-0.25, -0.2) is 0 Å². The molecule has 16 heavy (non-hydrogen) atoms. The Kier molecular flexibility index (Phi) is 2.82. The zero-order valence-corrected chi connectivity index (χ0v) is 9.23. The molecule has 0 saturated heterocycles. The number of pyridine rings is 1. The van der Waals surface area contributed by atoms with Crippen molar-refractivity contribution in [2.24, 2.45) is 0 Å². The standard InChI is InChI=1S/C14H13NO/c1-3-6-14(16)12-9-10(2)15-13-8-5-4-7-11(12)13/h3-5,7-9H,1,6H2,2H3. The maximum Gasteiger partial charge on any atom is 0.167 e. The SMILES string of the molecule is C=CCC(=O)c1cc(C)nc2ccccc12. The van der Waals surface area contributed by atoms with Crippen molar-refractivity contribution in [1.29, 1.82) is 0 Å². The van der Waals surface area contributed by atoms with Crippen LogP contribution in [-0.2, 0) is 0 Å². The predicted molar refractivity (Wildman–Crippen MR) is 65.6 cm³/mol. The minimum Gasteiger partial charge on any atom is -0.294 e. The molecule has 0 N–H and O–H groups in total. The first-order chi connectivity index (χ1) is 7.72. The van der Waals surface area contributed by atoms with Crippen LogP contribution in [0.15, 0.2) is 43.0 Å². The summed E-state index contributed by atoms with van der Waals surface area (Å²) in [5.41, 5.74) is 2.48. The highest BCUT2D eigenvalue weighted by molar-refractivity contribution is 6.07. The molecule has 0 fully saturated rings. The van der Waals surface area contributed by atoms with Crippen LogP contribution in [0, 0.1) is 6.92 Å². The first-order valence-corrected chi connectivity index (χ1v) is 5.23. The molecule has 0 saturated carbocycles. The van der Waals surface area contributed by atoms with Gasteiger partial charge in [0, 0.05) is 23.1 Å². The highest BCUT2D eigenvalue weighted by Gasteiger charge is 2.09. The lowest BCUT2D eigenvalue weighted by atomic mass is 10.0. The molecule has 0 aliphatic carbocycles. The van der Waals surface area contributed by atoms with Crippen molar-refractivity contribution < 1.29 is 4.79 Å². The van der Waals surface area contributed by atoms with Gasteiger partial charge in [0.15, 0.2) is 5.78 Å². The molecule has 1 aromatic carbocycles. The number of nitrogens with zero attached hydrogens (tertiary/aromatic N) is 1. The number of fused-ring (bicyclic) bond motifs is 1. The molecule has 80 valence electrons. The van der Waals surface area contributed by atoms with Gasteiger partial charge in [-0.15, -0.1) is 6.58 Å². The number of ketones is 1. The van der Waals surface area contributed by atoms with E-state index in [9.17, 15) is 4.79 Å². The lowest BCUT2D eigenvalue weighted by Crippen LogP contribution is -2.00. The van der Waals surface area contributed by atoms with Gasteiger partial charge < -0.3 is 0 Å². The molecule has 2 heteroatoms. The molecule has 0 bridgehead atoms. The number of hydrogen-bond acceptors (Lipinski definition) is 2. The largest absolute Gasteiger partial charge is 0.294 e. The number of carbonyl (C=O) groups excluding carboxylic acids is 1. The Labute approximate surface area is 94.6 Å². The van der Waals surface area contributed by atoms with Crippen LogP contribution in [-0.4, -0.2) is 10.8 Å². The fourth-order valence-corrected chi connectivity index (χ4v) is 1.78. The number of aromatic nitrogens is 1. The van der Waals surface area contributed by atoms with Crippen molar-refractivity contribution in [2.75, 3.05) is 0 Å². The number of Topliss-reactive ketones (excluding diaryl/α,β-unsaturated/α-hetero) is 1. The zero-order valence-electron chi connectivity index (χ0n) is 9.23. The average molecular weight is 211 g/mol. The van der Waals surface area contributed by atoms with Crippen molar-refractivity contribution in [3.8, 4) is 0 Å². The summed E-state index contributed by atoms with van der Waals surface area (Å²) >= 11 is 0. The summed E-state index contributed by atoms with van der Waals surface area (Å²) in [5.74, 6) is 0.0942. The molecule has 2 nitrogen and oxygen atoms in total. The fraction of sp³-hybridized carbons (Fsp3) is 0.143. The minimum atomic E-state index is 0.0942. The van der Waals surface area contributed by atoms with Crippen LogP contribution in [0.3, 0.4) is 0 Å². The molecule has 0 aliphatic rings. The smallest absolute Gasteiger partial charge is 0.167 e. The molecule has 1 heterocycles. The Hall–Kier alpha value is -1.96. The van der Waals surface area contributed by atoms with Crippen molar-refractivity contribution in [3.63, 3.8) is 0 Å². The van der Waals surface area contributed by atoms with E-state index < -0.39 is 0 Å². The maximum absolute atomic E-state index is 11.9. The van der Waals surface area contributed by atoms with Gasteiger partial charge in [-0.2, -0.15) is 0 Å². The van der Waals surface area contributed by atoms with E-state index in [0.717, 1.165) is 22.2 Å². The molecular weight excluding hydrogens is 198 g/mol. The Bertz CT molecular complexity index is 558. The molecule has 0 aliphatic heterocycles. The molecule has 0 amide bonds. The average Bonchev–Trinajstić information content (AvgIpc) is 2.28. The fourth-order valence-electron chi connectivity index (χ4n) is 1.78. The highest BCUT2D eigenvalue weighted by Crippen LogP contribution is 2.19. The van der Waals surface area contributed by atoms with Crippen LogP contribution in [0.1, 0.15) is 22.5 Å². The first-order valence-electron chi connectivity index (χ1n) is 5.23. The van der Waals surface area contributed by atoms with E-state index in [4.69, 9.17) is 0 Å². The predicted octanol–water partition coefficient (Wildman–Crippen LogP) is 3.30. The van der Waals surface area contributed by atoms with E-state index in [0.29, 0.717) is 6.42 Å². The second kappa shape index (κ2) is 4.27. The summed E-state index contributed by atoms with van der Waals surface area (Å²) in [7, 11) is 0. The molecule has 2 aromatic rings. The van der Waals surface area contributed by atoms with E-state index in [1.807, 2.05) is 37.3 Å². The van der Waals surface area contributed by atoms with E-state index in [1.54, 1.807) is 6.08 Å². The van der Waals surface area contributed by atoms with E-state index >= 15 is 0 Å². The van der Waals surface area contributed by atoms with Gasteiger partial charge in [0.1, 0.15) is 0 Å². The Morgan fingerprint density at radius 3 is 2.94 bits per heavy atom. The monoisotopic (exact) mass is 211 g/mol. The third-order valence-electron chi connectivity index (χ3n) is 2.47. The first kappa shape index (κ1) is 10.6. The van der Waals surface area contributed by atoms with Gasteiger partial charge >= 0.3 is 0 Å². The van der Waals surface area contributed by atoms with Crippen LogP contribution in [0.5, 0.6) is 0 Å². The lowest BCUT2D eigenvalue weighted by Gasteiger charge is -2.05. The molecule has 0 radical (unpaired) electrons. The summed E-state index contributed by atoms with van der Waals surface area (Å²) in [6.07, 6.45) is 2.00. The van der Waals surface area contributed by atoms with Gasteiger partial charge in [-0.1, -0.05) is 24.3 Å². The summed E-state index contributed by atoms with van der Waals surface area (Å²) in [5, 5.41) is 0.917. The Morgan fingerprint density at radius 1 is 1.44 bits per heavy atom. The topological polar surface area (TPSA) is 30.0 Å². The van der Waals surface area contributed by atoms with Crippen LogP contribution >= 0.6 is 0 Å². The van der Waals surface area contributed by atoms with Gasteiger partial charge in [0.25, 0.3) is 0 Å². The molecular formula is C14H13NO. The second-order valence-corrected chi connectivity index (χ2v) is 3.74. The Morgan fingerprint density at radius 2 is 2.19 bits per heavy atom. The van der Waals surface area contributed by atoms with Gasteiger partial charge in [0.2, 0.25) is 0 Å². The number of aryl methyl sites for hydroxylation is 1.